The van der Waals surface area contributed by atoms with Crippen molar-refractivity contribution in [2.75, 3.05) is 0 Å². The molecule has 0 saturated heterocycles. The Kier molecular flexibility index (Phi) is 28.6. The molecule has 0 heterocycles. The lowest BCUT2D eigenvalue weighted by Gasteiger charge is -2.18. The van der Waals surface area contributed by atoms with Gasteiger partial charge in [-0.3, -0.25) is 0 Å². The van der Waals surface area contributed by atoms with Crippen LogP contribution in [0.15, 0.2) is 24.3 Å². The van der Waals surface area contributed by atoms with E-state index in [0.29, 0.717) is 0 Å². The van der Waals surface area contributed by atoms with E-state index in [1.165, 1.54) is 205 Å². The maximum Gasteiger partial charge on any atom is -0.0162 e. The number of unbranched alkanes of at least 4 members (excludes halogenated alkanes) is 27. The van der Waals surface area contributed by atoms with E-state index in [1.807, 2.05) is 0 Å². The fourth-order valence-corrected chi connectivity index (χ4v) is 6.66. The third kappa shape index (κ3) is 25.4. The smallest absolute Gasteiger partial charge is 0.0162 e. The Morgan fingerprint density at radius 2 is 0.585 bits per heavy atom. The molecule has 1 aromatic rings. The van der Waals surface area contributed by atoms with Crippen LogP contribution in [0.5, 0.6) is 0 Å². The van der Waals surface area contributed by atoms with E-state index >= 15 is 0 Å². The summed E-state index contributed by atoms with van der Waals surface area (Å²) in [4.78, 5) is 0. The summed E-state index contributed by atoms with van der Waals surface area (Å²) in [5, 5.41) is 0. The molecule has 0 heteroatoms. The van der Waals surface area contributed by atoms with Gasteiger partial charge >= 0.3 is 0 Å². The molecule has 41 heavy (non-hydrogen) atoms. The van der Waals surface area contributed by atoms with Crippen molar-refractivity contribution >= 4 is 0 Å². The fraction of sp³-hybridized carbons (Fsp3) is 0.854. The average molecular weight is 569 g/mol. The van der Waals surface area contributed by atoms with E-state index < -0.39 is 0 Å². The standard InChI is InChI=1S/C41H76/c1-4-6-8-10-12-14-16-18-20-22-24-26-28-30-32-34-40(41-37-35-39(3)36-38-41)33-31-29-27-25-23-21-19-17-15-13-11-9-7-5-2/h35-38,40H,4-34H2,1-3H3. The highest BCUT2D eigenvalue weighted by atomic mass is 14.2. The van der Waals surface area contributed by atoms with Gasteiger partial charge in [0, 0.05) is 0 Å². The normalized spacial score (nSPS) is 12.3. The highest BCUT2D eigenvalue weighted by Crippen LogP contribution is 2.29. The fourth-order valence-electron chi connectivity index (χ4n) is 6.66. The van der Waals surface area contributed by atoms with Gasteiger partial charge in [0.1, 0.15) is 0 Å². The number of hydrogen-bond donors (Lipinski definition) is 0. The quantitative estimate of drug-likeness (QED) is 0.0758. The largest absolute Gasteiger partial charge is 0.0654 e. The van der Waals surface area contributed by atoms with Gasteiger partial charge in [0.05, 0.1) is 0 Å². The van der Waals surface area contributed by atoms with Gasteiger partial charge in [-0.1, -0.05) is 230 Å². The molecule has 0 aliphatic carbocycles. The van der Waals surface area contributed by atoms with Gasteiger partial charge in [-0.2, -0.15) is 0 Å². The molecule has 0 N–H and O–H groups in total. The van der Waals surface area contributed by atoms with Gasteiger partial charge in [0.15, 0.2) is 0 Å². The zero-order chi connectivity index (χ0) is 29.5. The van der Waals surface area contributed by atoms with Crippen LogP contribution in [0.25, 0.3) is 0 Å². The molecule has 0 aromatic heterocycles. The zero-order valence-corrected chi connectivity index (χ0v) is 28.8. The molecule has 240 valence electrons. The van der Waals surface area contributed by atoms with Gasteiger partial charge in [-0.25, -0.2) is 0 Å². The maximum atomic E-state index is 2.43. The van der Waals surface area contributed by atoms with Crippen molar-refractivity contribution in [1.82, 2.24) is 0 Å². The number of benzene rings is 1. The predicted octanol–water partition coefficient (Wildman–Crippen LogP) is 15.2. The molecule has 0 bridgehead atoms. The number of rotatable bonds is 32. The minimum atomic E-state index is 0.787. The Hall–Kier alpha value is -0.780. The van der Waals surface area contributed by atoms with Crippen LogP contribution in [-0.2, 0) is 0 Å². The average Bonchev–Trinajstić information content (AvgIpc) is 2.98. The first-order valence-corrected chi connectivity index (χ1v) is 19.3. The third-order valence-electron chi connectivity index (χ3n) is 9.61. The Bertz CT molecular complexity index is 613. The van der Waals surface area contributed by atoms with Crippen LogP contribution < -0.4 is 0 Å². The van der Waals surface area contributed by atoms with Gasteiger partial charge in [-0.05, 0) is 31.2 Å². The summed E-state index contributed by atoms with van der Waals surface area (Å²) in [6.07, 6.45) is 45.0. The van der Waals surface area contributed by atoms with E-state index in [2.05, 4.69) is 45.0 Å². The van der Waals surface area contributed by atoms with Crippen LogP contribution in [-0.4, -0.2) is 0 Å². The Morgan fingerprint density at radius 1 is 0.341 bits per heavy atom. The Labute approximate surface area is 260 Å². The van der Waals surface area contributed by atoms with Crippen LogP contribution >= 0.6 is 0 Å². The zero-order valence-electron chi connectivity index (χ0n) is 28.8. The summed E-state index contributed by atoms with van der Waals surface area (Å²) in [7, 11) is 0. The van der Waals surface area contributed by atoms with Crippen LogP contribution in [0.1, 0.15) is 230 Å². The summed E-state index contributed by atoms with van der Waals surface area (Å²) in [5.74, 6) is 0.787. The molecule has 0 aliphatic heterocycles. The molecule has 0 radical (unpaired) electrons. The lowest BCUT2D eigenvalue weighted by atomic mass is 9.87. The molecule has 0 amide bonds. The Balaban J connectivity index is 2.04. The number of hydrogen-bond acceptors (Lipinski definition) is 0. The van der Waals surface area contributed by atoms with E-state index in [0.717, 1.165) is 5.92 Å². The van der Waals surface area contributed by atoms with Crippen LogP contribution in [0.3, 0.4) is 0 Å². The molecular weight excluding hydrogens is 492 g/mol. The second kappa shape index (κ2) is 30.7. The summed E-state index contributed by atoms with van der Waals surface area (Å²) < 4.78 is 0. The summed E-state index contributed by atoms with van der Waals surface area (Å²) in [5.41, 5.74) is 3.01. The second-order valence-corrected chi connectivity index (χ2v) is 13.7. The molecule has 0 nitrogen and oxygen atoms in total. The molecule has 0 fully saturated rings. The highest BCUT2D eigenvalue weighted by Gasteiger charge is 2.11. The van der Waals surface area contributed by atoms with Crippen LogP contribution in [0.4, 0.5) is 0 Å². The van der Waals surface area contributed by atoms with Crippen molar-refractivity contribution in [1.29, 1.82) is 0 Å². The van der Waals surface area contributed by atoms with Crippen LogP contribution in [0.2, 0.25) is 0 Å². The molecular formula is C41H76. The second-order valence-electron chi connectivity index (χ2n) is 13.7. The number of aryl methyl sites for hydroxylation is 1. The Morgan fingerprint density at radius 3 is 0.854 bits per heavy atom. The van der Waals surface area contributed by atoms with Crippen LogP contribution in [0, 0.1) is 6.92 Å². The van der Waals surface area contributed by atoms with Crippen molar-refractivity contribution in [3.05, 3.63) is 35.4 Å². The predicted molar refractivity (Wildman–Crippen MR) is 188 cm³/mol. The monoisotopic (exact) mass is 569 g/mol. The molecule has 0 spiro atoms. The topological polar surface area (TPSA) is 0 Å². The van der Waals surface area contributed by atoms with E-state index in [1.54, 1.807) is 5.56 Å². The van der Waals surface area contributed by atoms with Gasteiger partial charge in [0.25, 0.3) is 0 Å². The summed E-state index contributed by atoms with van der Waals surface area (Å²) >= 11 is 0. The molecule has 1 aromatic carbocycles. The molecule has 0 aliphatic rings. The van der Waals surface area contributed by atoms with E-state index in [9.17, 15) is 0 Å². The van der Waals surface area contributed by atoms with E-state index in [4.69, 9.17) is 0 Å². The lowest BCUT2D eigenvalue weighted by molar-refractivity contribution is 0.479. The highest BCUT2D eigenvalue weighted by molar-refractivity contribution is 5.24. The first-order valence-electron chi connectivity index (χ1n) is 19.3. The summed E-state index contributed by atoms with van der Waals surface area (Å²) in [6, 6.07) is 9.52. The van der Waals surface area contributed by atoms with Gasteiger partial charge < -0.3 is 0 Å². The first kappa shape index (κ1) is 38.2. The molecule has 1 atom stereocenters. The van der Waals surface area contributed by atoms with Crippen molar-refractivity contribution in [3.63, 3.8) is 0 Å². The minimum absolute atomic E-state index is 0.787. The van der Waals surface area contributed by atoms with E-state index in [-0.39, 0.29) is 0 Å². The minimum Gasteiger partial charge on any atom is -0.0654 e. The van der Waals surface area contributed by atoms with Crippen molar-refractivity contribution < 1.29 is 0 Å². The summed E-state index contributed by atoms with van der Waals surface area (Å²) in [6.45, 7) is 6.84. The molecule has 0 saturated carbocycles. The SMILES string of the molecule is CCCCCCCCCCCCCCCCCC(CCCCCCCCCCCCCCCC)c1ccc(C)cc1. The molecule has 1 rings (SSSR count). The van der Waals surface area contributed by atoms with Gasteiger partial charge in [0.2, 0.25) is 0 Å². The lowest BCUT2D eigenvalue weighted by Crippen LogP contribution is -2.00. The van der Waals surface area contributed by atoms with Gasteiger partial charge in [-0.15, -0.1) is 0 Å². The van der Waals surface area contributed by atoms with Crippen molar-refractivity contribution in [2.24, 2.45) is 0 Å². The van der Waals surface area contributed by atoms with Crippen molar-refractivity contribution in [2.45, 2.75) is 226 Å². The van der Waals surface area contributed by atoms with Crippen molar-refractivity contribution in [3.8, 4) is 0 Å². The molecule has 1 unspecified atom stereocenters. The maximum absolute atomic E-state index is 2.43. The third-order valence-corrected chi connectivity index (χ3v) is 9.61. The first-order chi connectivity index (χ1) is 20.3.